The van der Waals surface area contributed by atoms with E-state index in [-0.39, 0.29) is 41.8 Å². The fourth-order valence-electron chi connectivity index (χ4n) is 5.80. The highest BCUT2D eigenvalue weighted by Crippen LogP contribution is 2.35. The fourth-order valence-corrected chi connectivity index (χ4v) is 7.39. The van der Waals surface area contributed by atoms with Gasteiger partial charge in [0.05, 0.1) is 24.6 Å². The highest BCUT2D eigenvalue weighted by Gasteiger charge is 2.40. The van der Waals surface area contributed by atoms with Crippen molar-refractivity contribution < 1.29 is 22.7 Å². The number of carbonyl (C=O) groups excluding carboxylic acids is 2. The van der Waals surface area contributed by atoms with Crippen LogP contribution in [0.5, 0.6) is 0 Å². The minimum Gasteiger partial charge on any atom is -0.465 e. The van der Waals surface area contributed by atoms with E-state index < -0.39 is 10.0 Å². The summed E-state index contributed by atoms with van der Waals surface area (Å²) in [5.41, 5.74) is 0.830. The monoisotopic (exact) mass is 613 g/mol. The molecule has 0 spiro atoms. The highest BCUT2D eigenvalue weighted by molar-refractivity contribution is 7.89. The van der Waals surface area contributed by atoms with Gasteiger partial charge in [0, 0.05) is 67.8 Å². The van der Waals surface area contributed by atoms with Crippen LogP contribution in [0.2, 0.25) is 5.02 Å². The molecule has 0 aliphatic carbocycles. The van der Waals surface area contributed by atoms with Crippen LogP contribution in [-0.4, -0.2) is 93.4 Å². The van der Waals surface area contributed by atoms with Gasteiger partial charge in [-0.1, -0.05) is 23.7 Å². The molecule has 1 aromatic heterocycles. The molecule has 3 heterocycles. The second-order valence-electron chi connectivity index (χ2n) is 10.9. The zero-order valence-corrected chi connectivity index (χ0v) is 25.2. The summed E-state index contributed by atoms with van der Waals surface area (Å²) in [5.74, 6) is -0.535. The molecule has 2 aliphatic rings. The molecule has 0 unspecified atom stereocenters. The number of amides is 1. The van der Waals surface area contributed by atoms with E-state index in [1.165, 1.54) is 4.31 Å². The number of nitrogens with zero attached hydrogens (tertiary/aromatic N) is 4. The number of rotatable bonds is 10. The molecule has 0 radical (unpaired) electrons. The number of fused-ring (bicyclic) bond motifs is 1. The van der Waals surface area contributed by atoms with Gasteiger partial charge in [0.2, 0.25) is 15.9 Å². The first-order chi connectivity index (χ1) is 20.2. The van der Waals surface area contributed by atoms with Gasteiger partial charge in [-0.3, -0.25) is 14.6 Å². The molecular formula is C30H36ClN5O5S. The summed E-state index contributed by atoms with van der Waals surface area (Å²) in [7, 11) is -3.86. The van der Waals surface area contributed by atoms with Gasteiger partial charge >= 0.3 is 5.97 Å². The lowest BCUT2D eigenvalue weighted by atomic mass is 9.77. The molecule has 1 amide bonds. The van der Waals surface area contributed by atoms with Gasteiger partial charge in [-0.15, -0.1) is 0 Å². The lowest BCUT2D eigenvalue weighted by molar-refractivity contribution is -0.142. The Labute approximate surface area is 251 Å². The molecule has 12 heteroatoms. The predicted molar refractivity (Wildman–Crippen MR) is 162 cm³/mol. The minimum atomic E-state index is -3.86. The zero-order chi connectivity index (χ0) is 29.7. The third kappa shape index (κ3) is 6.86. The first-order valence-electron chi connectivity index (χ1n) is 14.2. The van der Waals surface area contributed by atoms with Crippen LogP contribution < -0.4 is 10.2 Å². The van der Waals surface area contributed by atoms with Crippen LogP contribution in [0, 0.1) is 5.41 Å². The summed E-state index contributed by atoms with van der Waals surface area (Å²) < 4.78 is 33.3. The van der Waals surface area contributed by atoms with Crippen molar-refractivity contribution in [2.75, 3.05) is 63.9 Å². The van der Waals surface area contributed by atoms with Crippen LogP contribution in [0.1, 0.15) is 19.8 Å². The first-order valence-corrected chi connectivity index (χ1v) is 16.0. The lowest BCUT2D eigenvalue weighted by Crippen LogP contribution is -2.58. The quantitative estimate of drug-likeness (QED) is 0.347. The summed E-state index contributed by atoms with van der Waals surface area (Å²) in [6, 6.07) is 14.2. The Morgan fingerprint density at radius 3 is 2.45 bits per heavy atom. The molecule has 2 saturated heterocycles. The van der Waals surface area contributed by atoms with Crippen LogP contribution in [0.4, 0.5) is 5.69 Å². The molecule has 2 aliphatic heterocycles. The standard InChI is InChI=1S/C30H36ClN5O5S/c1-2-41-29(38)19-33-21-30(9-13-34(14-10-30)26-7-11-32-12-8-26)22-35-15-16-36(20-28(35)37)42(39,40)27-6-4-23-17-25(31)5-3-24(23)18-27/h3-8,11-12,17-18,33H,2,9-10,13-16,19-22H2,1H3. The molecule has 0 atom stereocenters. The number of nitrogens with one attached hydrogen (secondary N) is 1. The van der Waals surface area contributed by atoms with Crippen molar-refractivity contribution in [2.24, 2.45) is 5.41 Å². The lowest BCUT2D eigenvalue weighted by Gasteiger charge is -2.46. The van der Waals surface area contributed by atoms with Crippen LogP contribution in [0.15, 0.2) is 65.8 Å². The molecule has 2 aromatic carbocycles. The van der Waals surface area contributed by atoms with Gasteiger partial charge in [0.1, 0.15) is 0 Å². The van der Waals surface area contributed by atoms with Gasteiger partial charge in [0.15, 0.2) is 0 Å². The van der Waals surface area contributed by atoms with E-state index in [1.807, 2.05) is 12.1 Å². The molecule has 5 rings (SSSR count). The van der Waals surface area contributed by atoms with Crippen molar-refractivity contribution in [3.63, 3.8) is 0 Å². The molecule has 42 heavy (non-hydrogen) atoms. The number of pyridine rings is 1. The van der Waals surface area contributed by atoms with Crippen LogP contribution in [-0.2, 0) is 24.3 Å². The number of benzene rings is 2. The minimum absolute atomic E-state index is 0.0988. The maximum absolute atomic E-state index is 13.5. The molecule has 2 fully saturated rings. The van der Waals surface area contributed by atoms with Gasteiger partial charge in [-0.25, -0.2) is 8.42 Å². The number of halogens is 1. The Bertz CT molecular complexity index is 1530. The van der Waals surface area contributed by atoms with Crippen molar-refractivity contribution in [3.05, 3.63) is 65.9 Å². The number of anilines is 1. The summed E-state index contributed by atoms with van der Waals surface area (Å²) in [4.78, 5) is 33.7. The van der Waals surface area contributed by atoms with Crippen molar-refractivity contribution in [1.29, 1.82) is 0 Å². The summed E-state index contributed by atoms with van der Waals surface area (Å²) in [5, 5.41) is 5.45. The smallest absolute Gasteiger partial charge is 0.319 e. The number of piperazine rings is 1. The normalized spacial score (nSPS) is 17.9. The molecule has 0 bridgehead atoms. The van der Waals surface area contributed by atoms with Crippen LogP contribution in [0.25, 0.3) is 10.8 Å². The molecule has 1 N–H and O–H groups in total. The van der Waals surface area contributed by atoms with E-state index in [4.69, 9.17) is 16.3 Å². The van der Waals surface area contributed by atoms with Gasteiger partial charge in [-0.2, -0.15) is 4.31 Å². The van der Waals surface area contributed by atoms with Crippen molar-refractivity contribution in [2.45, 2.75) is 24.7 Å². The predicted octanol–water partition coefficient (Wildman–Crippen LogP) is 3.16. The van der Waals surface area contributed by atoms with Gasteiger partial charge < -0.3 is 19.9 Å². The highest BCUT2D eigenvalue weighted by atomic mass is 35.5. The Morgan fingerprint density at radius 2 is 1.74 bits per heavy atom. The number of piperidine rings is 1. The Balaban J connectivity index is 1.26. The Hall–Kier alpha value is -3.25. The number of aromatic nitrogens is 1. The van der Waals surface area contributed by atoms with E-state index in [2.05, 4.69) is 15.2 Å². The molecule has 224 valence electrons. The first kappa shape index (κ1) is 30.2. The maximum atomic E-state index is 13.5. The van der Waals surface area contributed by atoms with E-state index in [0.29, 0.717) is 31.3 Å². The number of hydrogen-bond donors (Lipinski definition) is 1. The van der Waals surface area contributed by atoms with Crippen LogP contribution in [0.3, 0.4) is 0 Å². The van der Waals surface area contributed by atoms with Crippen molar-refractivity contribution in [3.8, 4) is 0 Å². The number of esters is 1. The number of ether oxygens (including phenoxy) is 1. The maximum Gasteiger partial charge on any atom is 0.319 e. The van der Waals surface area contributed by atoms with Crippen molar-refractivity contribution >= 4 is 50.0 Å². The summed E-state index contributed by atoms with van der Waals surface area (Å²) in [6.45, 7) is 5.10. The number of hydrogen-bond acceptors (Lipinski definition) is 8. The molecule has 3 aromatic rings. The second kappa shape index (κ2) is 12.9. The zero-order valence-electron chi connectivity index (χ0n) is 23.7. The van der Waals surface area contributed by atoms with Gasteiger partial charge in [-0.05, 0) is 66.9 Å². The largest absolute Gasteiger partial charge is 0.465 e. The van der Waals surface area contributed by atoms with Crippen molar-refractivity contribution in [1.82, 2.24) is 19.5 Å². The molecular weight excluding hydrogens is 578 g/mol. The third-order valence-electron chi connectivity index (χ3n) is 8.15. The van der Waals surface area contributed by atoms with E-state index in [1.54, 1.807) is 60.6 Å². The summed E-state index contributed by atoms with van der Waals surface area (Å²) >= 11 is 6.07. The fraction of sp³-hybridized carbons (Fsp3) is 0.433. The third-order valence-corrected chi connectivity index (χ3v) is 10.2. The Morgan fingerprint density at radius 1 is 1.02 bits per heavy atom. The van der Waals surface area contributed by atoms with Crippen LogP contribution >= 0.6 is 11.6 Å². The summed E-state index contributed by atoms with van der Waals surface area (Å²) in [6.07, 6.45) is 5.16. The SMILES string of the molecule is CCOC(=O)CNCC1(CN2CCN(S(=O)(=O)c3ccc4cc(Cl)ccc4c3)CC2=O)CCN(c2ccncc2)CC1. The van der Waals surface area contributed by atoms with E-state index >= 15 is 0 Å². The number of carbonyl (C=O) groups is 2. The molecule has 10 nitrogen and oxygen atoms in total. The Kier molecular flexibility index (Phi) is 9.32. The average molecular weight is 614 g/mol. The van der Waals surface area contributed by atoms with E-state index in [9.17, 15) is 18.0 Å². The average Bonchev–Trinajstić information content (AvgIpc) is 2.99. The topological polar surface area (TPSA) is 112 Å². The van der Waals surface area contributed by atoms with Gasteiger partial charge in [0.25, 0.3) is 0 Å². The number of sulfonamides is 1. The second-order valence-corrected chi connectivity index (χ2v) is 13.3. The van der Waals surface area contributed by atoms with E-state index in [0.717, 1.165) is 42.4 Å². The molecule has 0 saturated carbocycles.